The fourth-order valence-corrected chi connectivity index (χ4v) is 3.23. The second-order valence-corrected chi connectivity index (χ2v) is 6.56. The number of anilines is 1. The van der Waals surface area contributed by atoms with Crippen LogP contribution < -0.4 is 9.64 Å². The van der Waals surface area contributed by atoms with Gasteiger partial charge < -0.3 is 19.6 Å². The molecule has 3 rings (SSSR count). The molecule has 1 fully saturated rings. The Balaban J connectivity index is 1.71. The molecule has 7 heteroatoms. The number of rotatable bonds is 5. The van der Waals surface area contributed by atoms with Crippen LogP contribution in [0.15, 0.2) is 48.0 Å². The van der Waals surface area contributed by atoms with Gasteiger partial charge in [0.15, 0.2) is 11.5 Å². The molecule has 1 aliphatic heterocycles. The van der Waals surface area contributed by atoms with Crippen molar-refractivity contribution in [3.63, 3.8) is 0 Å². The molecular formula is C22H22FN3O3. The van der Waals surface area contributed by atoms with Crippen molar-refractivity contribution < 1.29 is 19.0 Å². The Kier molecular flexibility index (Phi) is 6.35. The molecule has 29 heavy (non-hydrogen) atoms. The summed E-state index contributed by atoms with van der Waals surface area (Å²) in [6.45, 7) is 3.94. The van der Waals surface area contributed by atoms with Gasteiger partial charge in [-0.15, -0.1) is 0 Å². The monoisotopic (exact) mass is 395 g/mol. The zero-order valence-corrected chi connectivity index (χ0v) is 16.1. The molecule has 0 unspecified atom stereocenters. The van der Waals surface area contributed by atoms with E-state index in [1.807, 2.05) is 11.0 Å². The third kappa shape index (κ3) is 4.66. The lowest BCUT2D eigenvalue weighted by molar-refractivity contribution is -0.126. The summed E-state index contributed by atoms with van der Waals surface area (Å²) in [5.41, 5.74) is 1.10. The van der Waals surface area contributed by atoms with Crippen molar-refractivity contribution in [1.29, 1.82) is 5.26 Å². The van der Waals surface area contributed by atoms with Crippen molar-refractivity contribution in [2.75, 3.05) is 37.7 Å². The summed E-state index contributed by atoms with van der Waals surface area (Å²) >= 11 is 0. The van der Waals surface area contributed by atoms with E-state index in [0.717, 1.165) is 0 Å². The van der Waals surface area contributed by atoms with E-state index in [0.29, 0.717) is 49.8 Å². The van der Waals surface area contributed by atoms with E-state index in [-0.39, 0.29) is 23.0 Å². The average Bonchev–Trinajstić information content (AvgIpc) is 2.74. The van der Waals surface area contributed by atoms with Gasteiger partial charge in [-0.25, -0.2) is 4.39 Å². The number of hydrogen-bond acceptors (Lipinski definition) is 5. The number of benzene rings is 2. The van der Waals surface area contributed by atoms with Crippen molar-refractivity contribution in [3.05, 3.63) is 59.4 Å². The average molecular weight is 395 g/mol. The first-order chi connectivity index (χ1) is 14.0. The number of phenols is 1. The van der Waals surface area contributed by atoms with Gasteiger partial charge in [0, 0.05) is 26.2 Å². The zero-order valence-electron chi connectivity index (χ0n) is 16.1. The Morgan fingerprint density at radius 3 is 2.62 bits per heavy atom. The van der Waals surface area contributed by atoms with Gasteiger partial charge in [-0.05, 0) is 42.8 Å². The van der Waals surface area contributed by atoms with Gasteiger partial charge in [0.05, 0.1) is 12.3 Å². The van der Waals surface area contributed by atoms with Gasteiger partial charge in [-0.3, -0.25) is 4.79 Å². The molecule has 150 valence electrons. The van der Waals surface area contributed by atoms with Crippen molar-refractivity contribution in [3.8, 4) is 17.6 Å². The maximum atomic E-state index is 14.0. The predicted octanol–water partition coefficient (Wildman–Crippen LogP) is 3.19. The summed E-state index contributed by atoms with van der Waals surface area (Å²) in [4.78, 5) is 16.3. The number of nitriles is 1. The quantitative estimate of drug-likeness (QED) is 0.622. The van der Waals surface area contributed by atoms with Crippen LogP contribution in [0, 0.1) is 17.1 Å². The molecule has 0 aromatic heterocycles. The second-order valence-electron chi connectivity index (χ2n) is 6.56. The second kappa shape index (κ2) is 9.11. The minimum Gasteiger partial charge on any atom is -0.504 e. The number of halogens is 1. The molecule has 0 spiro atoms. The molecule has 1 aliphatic rings. The number of para-hydroxylation sites is 1. The highest BCUT2D eigenvalue weighted by molar-refractivity contribution is 6.01. The molecule has 0 atom stereocenters. The lowest BCUT2D eigenvalue weighted by Gasteiger charge is -2.36. The van der Waals surface area contributed by atoms with Crippen LogP contribution in [0.3, 0.4) is 0 Å². The predicted molar refractivity (Wildman–Crippen MR) is 108 cm³/mol. The highest BCUT2D eigenvalue weighted by Gasteiger charge is 2.25. The molecule has 1 saturated heterocycles. The topological polar surface area (TPSA) is 76.8 Å². The third-order valence-electron chi connectivity index (χ3n) is 4.71. The van der Waals surface area contributed by atoms with Crippen LogP contribution >= 0.6 is 0 Å². The number of carbonyl (C=O) groups is 1. The summed E-state index contributed by atoms with van der Waals surface area (Å²) in [5.74, 6) is -0.364. The van der Waals surface area contributed by atoms with Gasteiger partial charge in [0.2, 0.25) is 0 Å². The van der Waals surface area contributed by atoms with E-state index in [2.05, 4.69) is 0 Å². The standard InChI is InChI=1S/C22H22FN3O3/c1-2-29-21-14-16(7-8-20(21)27)13-17(15-24)22(28)26-11-9-25(10-12-26)19-6-4-3-5-18(19)23/h3-8,13-14,27H,2,9-12H2,1H3/b17-13+. The van der Waals surface area contributed by atoms with Crippen LogP contribution in [0.5, 0.6) is 11.5 Å². The van der Waals surface area contributed by atoms with Crippen molar-refractivity contribution in [2.45, 2.75) is 6.92 Å². The van der Waals surface area contributed by atoms with Crippen molar-refractivity contribution in [2.24, 2.45) is 0 Å². The van der Waals surface area contributed by atoms with E-state index in [1.54, 1.807) is 42.2 Å². The number of hydrogen-bond donors (Lipinski definition) is 1. The third-order valence-corrected chi connectivity index (χ3v) is 4.71. The highest BCUT2D eigenvalue weighted by atomic mass is 19.1. The fourth-order valence-electron chi connectivity index (χ4n) is 3.23. The molecule has 2 aromatic rings. The number of amides is 1. The van der Waals surface area contributed by atoms with E-state index in [9.17, 15) is 19.6 Å². The maximum Gasteiger partial charge on any atom is 0.264 e. The molecular weight excluding hydrogens is 373 g/mol. The number of ether oxygens (including phenoxy) is 1. The fraction of sp³-hybridized carbons (Fsp3) is 0.273. The smallest absolute Gasteiger partial charge is 0.264 e. The molecule has 1 heterocycles. The Bertz CT molecular complexity index is 960. The van der Waals surface area contributed by atoms with E-state index < -0.39 is 0 Å². The zero-order chi connectivity index (χ0) is 20.8. The number of phenolic OH excluding ortho intramolecular Hbond substituents is 1. The number of aromatic hydroxyl groups is 1. The van der Waals surface area contributed by atoms with Gasteiger partial charge in [-0.1, -0.05) is 18.2 Å². The lowest BCUT2D eigenvalue weighted by atomic mass is 10.1. The molecule has 1 N–H and O–H groups in total. The Morgan fingerprint density at radius 1 is 1.24 bits per heavy atom. The van der Waals surface area contributed by atoms with E-state index in [1.165, 1.54) is 18.2 Å². The van der Waals surface area contributed by atoms with Crippen LogP contribution in [-0.4, -0.2) is 48.7 Å². The van der Waals surface area contributed by atoms with Crippen LogP contribution in [0.1, 0.15) is 12.5 Å². The first-order valence-electron chi connectivity index (χ1n) is 9.40. The van der Waals surface area contributed by atoms with Gasteiger partial charge >= 0.3 is 0 Å². The summed E-state index contributed by atoms with van der Waals surface area (Å²) in [7, 11) is 0. The Hall–Kier alpha value is -3.53. The first-order valence-corrected chi connectivity index (χ1v) is 9.40. The van der Waals surface area contributed by atoms with Crippen LogP contribution in [0.4, 0.5) is 10.1 Å². The molecule has 1 amide bonds. The molecule has 0 saturated carbocycles. The molecule has 0 aliphatic carbocycles. The van der Waals surface area contributed by atoms with Crippen molar-refractivity contribution in [1.82, 2.24) is 4.90 Å². The lowest BCUT2D eigenvalue weighted by Crippen LogP contribution is -2.49. The summed E-state index contributed by atoms with van der Waals surface area (Å²) < 4.78 is 19.3. The van der Waals surface area contributed by atoms with Crippen LogP contribution in [0.2, 0.25) is 0 Å². The molecule has 2 aromatic carbocycles. The largest absolute Gasteiger partial charge is 0.504 e. The summed E-state index contributed by atoms with van der Waals surface area (Å²) in [6.07, 6.45) is 1.48. The Morgan fingerprint density at radius 2 is 1.97 bits per heavy atom. The van der Waals surface area contributed by atoms with Crippen LogP contribution in [-0.2, 0) is 4.79 Å². The van der Waals surface area contributed by atoms with Gasteiger partial charge in [-0.2, -0.15) is 5.26 Å². The number of carbonyl (C=O) groups excluding carboxylic acids is 1. The maximum absolute atomic E-state index is 14.0. The molecule has 0 bridgehead atoms. The van der Waals surface area contributed by atoms with Gasteiger partial charge in [0.25, 0.3) is 5.91 Å². The number of piperazine rings is 1. The molecule has 0 radical (unpaired) electrons. The first kappa shape index (κ1) is 20.2. The van der Waals surface area contributed by atoms with Crippen molar-refractivity contribution >= 4 is 17.7 Å². The minimum atomic E-state index is -0.369. The van der Waals surface area contributed by atoms with E-state index >= 15 is 0 Å². The normalized spacial score (nSPS) is 14.4. The van der Waals surface area contributed by atoms with Gasteiger partial charge in [0.1, 0.15) is 17.5 Å². The Labute approximate surface area is 169 Å². The summed E-state index contributed by atoms with van der Waals surface area (Å²) in [6, 6.07) is 13.2. The molecule has 6 nitrogen and oxygen atoms in total. The van der Waals surface area contributed by atoms with E-state index in [4.69, 9.17) is 4.74 Å². The van der Waals surface area contributed by atoms with Crippen LogP contribution in [0.25, 0.3) is 6.08 Å². The number of nitrogens with zero attached hydrogens (tertiary/aromatic N) is 3. The minimum absolute atomic E-state index is 0.00176. The summed E-state index contributed by atoms with van der Waals surface area (Å²) in [5, 5.41) is 19.3. The SMILES string of the molecule is CCOc1cc(/C=C(\C#N)C(=O)N2CCN(c3ccccc3F)CC2)ccc1O. The highest BCUT2D eigenvalue weighted by Crippen LogP contribution is 2.28.